The number of carbonyl (C=O) groups excluding carboxylic acids is 2. The summed E-state index contributed by atoms with van der Waals surface area (Å²) in [5.74, 6) is -1.68. The summed E-state index contributed by atoms with van der Waals surface area (Å²) in [4.78, 5) is 37.5. The second-order valence-electron chi connectivity index (χ2n) is 6.91. The van der Waals surface area contributed by atoms with Crippen molar-refractivity contribution in [2.45, 2.75) is 6.04 Å². The van der Waals surface area contributed by atoms with Gasteiger partial charge in [0.05, 0.1) is 43.5 Å². The molecule has 10 nitrogen and oxygen atoms in total. The minimum Gasteiger partial charge on any atom is -0.507 e. The molecule has 10 heteroatoms. The Morgan fingerprint density at radius 3 is 2.50 bits per heavy atom. The Morgan fingerprint density at radius 2 is 1.88 bits per heavy atom. The van der Waals surface area contributed by atoms with E-state index in [9.17, 15) is 24.8 Å². The van der Waals surface area contributed by atoms with Crippen LogP contribution in [0.25, 0.3) is 5.76 Å². The molecule has 1 atom stereocenters. The van der Waals surface area contributed by atoms with Crippen molar-refractivity contribution in [3.8, 4) is 5.75 Å². The summed E-state index contributed by atoms with van der Waals surface area (Å²) in [5, 5.41) is 30.9. The molecule has 0 bridgehead atoms. The molecule has 1 amide bonds. The molecular formula is C22H22N2O8. The molecule has 2 N–H and O–H groups in total. The average Bonchev–Trinajstić information content (AvgIpc) is 3.06. The lowest BCUT2D eigenvalue weighted by atomic mass is 9.95. The van der Waals surface area contributed by atoms with Gasteiger partial charge in [0.15, 0.2) is 0 Å². The fourth-order valence-electron chi connectivity index (χ4n) is 3.50. The van der Waals surface area contributed by atoms with Crippen LogP contribution in [0.1, 0.15) is 17.2 Å². The summed E-state index contributed by atoms with van der Waals surface area (Å²) in [6, 6.07) is 10.9. The molecule has 1 aliphatic heterocycles. The van der Waals surface area contributed by atoms with E-state index in [2.05, 4.69) is 0 Å². The molecule has 0 aliphatic carbocycles. The number of nitrogens with zero attached hydrogens (tertiary/aromatic N) is 2. The Bertz CT molecular complexity index is 1050. The minimum atomic E-state index is -0.933. The van der Waals surface area contributed by atoms with Gasteiger partial charge < -0.3 is 24.6 Å². The normalized spacial score (nSPS) is 17.6. The Labute approximate surface area is 183 Å². The Balaban J connectivity index is 2.09. The van der Waals surface area contributed by atoms with Crippen molar-refractivity contribution >= 4 is 23.1 Å². The largest absolute Gasteiger partial charge is 0.507 e. The fourth-order valence-corrected chi connectivity index (χ4v) is 3.50. The number of nitro benzene ring substituents is 1. The summed E-state index contributed by atoms with van der Waals surface area (Å²) < 4.78 is 10.4. The highest BCUT2D eigenvalue weighted by Crippen LogP contribution is 2.40. The van der Waals surface area contributed by atoms with Gasteiger partial charge in [-0.1, -0.05) is 24.3 Å². The Hall–Kier alpha value is -3.76. The van der Waals surface area contributed by atoms with Gasteiger partial charge in [-0.25, -0.2) is 0 Å². The molecule has 3 rings (SSSR count). The van der Waals surface area contributed by atoms with Crippen molar-refractivity contribution in [3.63, 3.8) is 0 Å². The number of ketones is 1. The van der Waals surface area contributed by atoms with E-state index in [1.807, 2.05) is 0 Å². The van der Waals surface area contributed by atoms with Gasteiger partial charge in [0.25, 0.3) is 17.4 Å². The monoisotopic (exact) mass is 442 g/mol. The van der Waals surface area contributed by atoms with Gasteiger partial charge in [-0.15, -0.1) is 0 Å². The predicted octanol–water partition coefficient (Wildman–Crippen LogP) is 2.03. The first-order chi connectivity index (χ1) is 15.4. The lowest BCUT2D eigenvalue weighted by molar-refractivity contribution is -0.384. The number of non-ortho nitro benzene ring substituents is 1. The summed E-state index contributed by atoms with van der Waals surface area (Å²) >= 11 is 0. The predicted molar refractivity (Wildman–Crippen MR) is 113 cm³/mol. The third-order valence-corrected chi connectivity index (χ3v) is 5.01. The van der Waals surface area contributed by atoms with Crippen molar-refractivity contribution in [2.75, 3.05) is 33.5 Å². The van der Waals surface area contributed by atoms with Gasteiger partial charge in [0, 0.05) is 24.2 Å². The maximum Gasteiger partial charge on any atom is 0.295 e. The lowest BCUT2D eigenvalue weighted by Crippen LogP contribution is -2.33. The number of aliphatic hydroxyl groups is 2. The van der Waals surface area contributed by atoms with Gasteiger partial charge in [-0.3, -0.25) is 19.7 Å². The van der Waals surface area contributed by atoms with Crippen molar-refractivity contribution in [2.24, 2.45) is 0 Å². The second-order valence-corrected chi connectivity index (χ2v) is 6.91. The highest BCUT2D eigenvalue weighted by molar-refractivity contribution is 6.46. The number of benzene rings is 2. The van der Waals surface area contributed by atoms with Crippen LogP contribution in [0.5, 0.6) is 5.75 Å². The molecule has 1 saturated heterocycles. The van der Waals surface area contributed by atoms with Crippen molar-refractivity contribution in [1.82, 2.24) is 4.90 Å². The smallest absolute Gasteiger partial charge is 0.295 e. The van der Waals surface area contributed by atoms with E-state index in [4.69, 9.17) is 14.6 Å². The minimum absolute atomic E-state index is 0.0347. The molecule has 1 heterocycles. The summed E-state index contributed by atoms with van der Waals surface area (Å²) in [6.45, 7) is -0.0115. The third kappa shape index (κ3) is 4.61. The van der Waals surface area contributed by atoms with Crippen LogP contribution in [0.4, 0.5) is 5.69 Å². The first-order valence-corrected chi connectivity index (χ1v) is 9.74. The number of hydrogen-bond donors (Lipinski definition) is 2. The molecule has 0 unspecified atom stereocenters. The van der Waals surface area contributed by atoms with Crippen LogP contribution < -0.4 is 4.74 Å². The first kappa shape index (κ1) is 22.9. The molecule has 0 radical (unpaired) electrons. The van der Waals surface area contributed by atoms with Gasteiger partial charge in [-0.2, -0.15) is 0 Å². The van der Waals surface area contributed by atoms with Crippen LogP contribution in [-0.4, -0.2) is 65.2 Å². The lowest BCUT2D eigenvalue weighted by Gasteiger charge is -2.25. The van der Waals surface area contributed by atoms with Gasteiger partial charge in [-0.05, 0) is 17.7 Å². The molecule has 32 heavy (non-hydrogen) atoms. The number of rotatable bonds is 9. The Morgan fingerprint density at radius 1 is 1.16 bits per heavy atom. The number of nitro groups is 1. The summed E-state index contributed by atoms with van der Waals surface area (Å²) in [7, 11) is 1.50. The van der Waals surface area contributed by atoms with E-state index in [-0.39, 0.29) is 43.2 Å². The number of carbonyl (C=O) groups is 2. The second kappa shape index (κ2) is 10.0. The zero-order chi connectivity index (χ0) is 23.3. The number of aliphatic hydroxyl groups excluding tert-OH is 2. The third-order valence-electron chi connectivity index (χ3n) is 5.01. The van der Waals surface area contributed by atoms with E-state index in [0.717, 1.165) is 6.07 Å². The highest BCUT2D eigenvalue weighted by atomic mass is 16.6. The molecule has 2 aromatic carbocycles. The SMILES string of the molecule is COc1ccc([C@H]2/C(=C(\O)c3cccc([N+](=O)[O-])c3)C(=O)C(=O)N2CCOCCO)cc1. The van der Waals surface area contributed by atoms with Crippen molar-refractivity contribution in [3.05, 3.63) is 75.3 Å². The molecule has 168 valence electrons. The highest BCUT2D eigenvalue weighted by Gasteiger charge is 2.46. The van der Waals surface area contributed by atoms with Gasteiger partial charge in [0.2, 0.25) is 0 Å². The number of ether oxygens (including phenoxy) is 2. The van der Waals surface area contributed by atoms with Crippen LogP contribution in [0.3, 0.4) is 0 Å². The zero-order valence-corrected chi connectivity index (χ0v) is 17.3. The van der Waals surface area contributed by atoms with Crippen LogP contribution in [0.2, 0.25) is 0 Å². The van der Waals surface area contributed by atoms with Gasteiger partial charge >= 0.3 is 0 Å². The standard InChI is InChI=1S/C22H22N2O8/c1-31-17-7-5-14(6-8-17)19-18(20(26)15-3-2-4-16(13-15)24(29)30)21(27)22(28)23(19)9-11-32-12-10-25/h2-8,13,19,25-26H,9-12H2,1H3/b20-18+/t19-/m0/s1. The van der Waals surface area contributed by atoms with Crippen LogP contribution in [0, 0.1) is 10.1 Å². The van der Waals surface area contributed by atoms with Crippen molar-refractivity contribution in [1.29, 1.82) is 0 Å². The molecule has 1 aliphatic rings. The number of amides is 1. The number of Topliss-reactive ketones (excluding diaryl/α,β-unsaturated/α-hetero) is 1. The molecule has 0 aromatic heterocycles. The number of methoxy groups -OCH3 is 1. The quantitative estimate of drug-likeness (QED) is 0.150. The zero-order valence-electron chi connectivity index (χ0n) is 17.3. The van der Waals surface area contributed by atoms with E-state index in [1.165, 1.54) is 30.2 Å². The van der Waals surface area contributed by atoms with E-state index < -0.39 is 28.4 Å². The van der Waals surface area contributed by atoms with E-state index in [1.54, 1.807) is 24.3 Å². The topological polar surface area (TPSA) is 139 Å². The molecule has 0 saturated carbocycles. The maximum atomic E-state index is 12.9. The van der Waals surface area contributed by atoms with Crippen LogP contribution in [-0.2, 0) is 14.3 Å². The van der Waals surface area contributed by atoms with Crippen LogP contribution in [0.15, 0.2) is 54.1 Å². The number of hydrogen-bond acceptors (Lipinski definition) is 8. The first-order valence-electron chi connectivity index (χ1n) is 9.74. The average molecular weight is 442 g/mol. The fraction of sp³-hybridized carbons (Fsp3) is 0.273. The summed E-state index contributed by atoms with van der Waals surface area (Å²) in [6.07, 6.45) is 0. The number of likely N-dealkylation sites (tertiary alicyclic amines) is 1. The molecule has 2 aromatic rings. The van der Waals surface area contributed by atoms with E-state index in [0.29, 0.717) is 11.3 Å². The van der Waals surface area contributed by atoms with Gasteiger partial charge in [0.1, 0.15) is 11.5 Å². The van der Waals surface area contributed by atoms with Crippen molar-refractivity contribution < 1.29 is 34.2 Å². The molecule has 0 spiro atoms. The van der Waals surface area contributed by atoms with Crippen LogP contribution >= 0.6 is 0 Å². The molecular weight excluding hydrogens is 420 g/mol. The Kier molecular flexibility index (Phi) is 7.18. The molecule has 1 fully saturated rings. The maximum absolute atomic E-state index is 12.9. The summed E-state index contributed by atoms with van der Waals surface area (Å²) in [5.41, 5.74) is 0.149. The van der Waals surface area contributed by atoms with E-state index >= 15 is 0 Å².